The predicted octanol–water partition coefficient (Wildman–Crippen LogP) is 5.31. The molecule has 3 aromatic heterocycles. The van der Waals surface area contributed by atoms with Crippen molar-refractivity contribution < 1.29 is 0 Å². The second-order valence-corrected chi connectivity index (χ2v) is 7.52. The highest BCUT2D eigenvalue weighted by molar-refractivity contribution is 7.15. The maximum Gasteiger partial charge on any atom is 0.188 e. The highest BCUT2D eigenvalue weighted by Crippen LogP contribution is 2.36. The van der Waals surface area contributed by atoms with Crippen molar-refractivity contribution in [2.45, 2.75) is 6.92 Å². The summed E-state index contributed by atoms with van der Waals surface area (Å²) in [5.74, 6) is 1.09. The fraction of sp³-hybridized carbons (Fsp3) is 0.0588. The van der Waals surface area contributed by atoms with Gasteiger partial charge in [0, 0.05) is 17.3 Å². The Morgan fingerprint density at radius 2 is 2.00 bits per heavy atom. The molecule has 0 fully saturated rings. The lowest BCUT2D eigenvalue weighted by Gasteiger charge is -2.04. The van der Waals surface area contributed by atoms with Gasteiger partial charge in [0.1, 0.15) is 11.3 Å². The summed E-state index contributed by atoms with van der Waals surface area (Å²) >= 11 is 14.2. The highest BCUT2D eigenvalue weighted by atomic mass is 35.5. The van der Waals surface area contributed by atoms with Crippen molar-refractivity contribution in [3.8, 4) is 17.5 Å². The monoisotopic (exact) mass is 400 g/mol. The first-order valence-electron chi connectivity index (χ1n) is 7.49. The Morgan fingerprint density at radius 1 is 1.23 bits per heavy atom. The molecule has 0 unspecified atom stereocenters. The standard InChI is InChI=1S/C17H10Cl2N6S/c1-8-7-22-17(26-8)25-16-14-12(2-3-21-16)23-15(24-14)13-10(18)4-9(6-20)5-11(13)19/h2-5,7H,1H3,(H,23,24)(H,21,22,25). The molecule has 0 aliphatic heterocycles. The van der Waals surface area contributed by atoms with Crippen LogP contribution in [0.5, 0.6) is 0 Å². The van der Waals surface area contributed by atoms with Crippen molar-refractivity contribution in [1.82, 2.24) is 19.9 Å². The third-order valence-electron chi connectivity index (χ3n) is 3.66. The zero-order valence-electron chi connectivity index (χ0n) is 13.3. The lowest BCUT2D eigenvalue weighted by Crippen LogP contribution is -1.93. The number of fused-ring (bicyclic) bond motifs is 1. The third-order valence-corrected chi connectivity index (χ3v) is 5.08. The number of benzene rings is 1. The quantitative estimate of drug-likeness (QED) is 0.485. The summed E-state index contributed by atoms with van der Waals surface area (Å²) in [7, 11) is 0. The summed E-state index contributed by atoms with van der Waals surface area (Å²) < 4.78 is 0. The van der Waals surface area contributed by atoms with Crippen LogP contribution in [0.25, 0.3) is 22.4 Å². The first kappa shape index (κ1) is 16.8. The number of H-pyrrole nitrogens is 1. The number of aryl methyl sites for hydroxylation is 1. The van der Waals surface area contributed by atoms with Gasteiger partial charge in [0.2, 0.25) is 0 Å². The topological polar surface area (TPSA) is 90.3 Å². The normalized spacial score (nSPS) is 10.8. The second kappa shape index (κ2) is 6.57. The van der Waals surface area contributed by atoms with Crippen LogP contribution in [0, 0.1) is 18.3 Å². The molecule has 1 aromatic carbocycles. The fourth-order valence-electron chi connectivity index (χ4n) is 2.52. The molecule has 9 heteroatoms. The summed E-state index contributed by atoms with van der Waals surface area (Å²) in [6.45, 7) is 1.98. The average Bonchev–Trinajstić information content (AvgIpc) is 3.21. The number of thiazole rings is 1. The van der Waals surface area contributed by atoms with E-state index in [2.05, 4.69) is 25.3 Å². The molecule has 0 saturated heterocycles. The lowest BCUT2D eigenvalue weighted by atomic mass is 10.1. The van der Waals surface area contributed by atoms with Gasteiger partial charge in [0.15, 0.2) is 10.9 Å². The van der Waals surface area contributed by atoms with E-state index in [4.69, 9.17) is 28.5 Å². The van der Waals surface area contributed by atoms with Gasteiger partial charge in [-0.2, -0.15) is 5.26 Å². The summed E-state index contributed by atoms with van der Waals surface area (Å²) in [4.78, 5) is 17.5. The smallest absolute Gasteiger partial charge is 0.188 e. The average molecular weight is 401 g/mol. The molecule has 0 bridgehead atoms. The SMILES string of the molecule is Cc1cnc(Nc2nccc3[nH]c(-c4c(Cl)cc(C#N)cc4Cl)nc23)s1. The molecule has 2 N–H and O–H groups in total. The number of anilines is 2. The van der Waals surface area contributed by atoms with Gasteiger partial charge in [0.25, 0.3) is 0 Å². The van der Waals surface area contributed by atoms with E-state index in [0.717, 1.165) is 15.5 Å². The van der Waals surface area contributed by atoms with E-state index in [1.54, 1.807) is 24.5 Å². The number of imidazole rings is 1. The van der Waals surface area contributed by atoms with E-state index in [0.29, 0.717) is 38.3 Å². The molecule has 0 aliphatic carbocycles. The molecule has 128 valence electrons. The van der Waals surface area contributed by atoms with Gasteiger partial charge in [-0.1, -0.05) is 23.2 Å². The van der Waals surface area contributed by atoms with Gasteiger partial charge < -0.3 is 10.3 Å². The number of pyridine rings is 1. The third kappa shape index (κ3) is 2.99. The first-order valence-corrected chi connectivity index (χ1v) is 9.06. The van der Waals surface area contributed by atoms with Crippen LogP contribution in [0.3, 0.4) is 0 Å². The Hall–Kier alpha value is -2.66. The van der Waals surface area contributed by atoms with Gasteiger partial charge in [0.05, 0.1) is 32.8 Å². The molecule has 4 rings (SSSR count). The number of nitrogens with one attached hydrogen (secondary N) is 2. The Labute approximate surface area is 162 Å². The summed E-state index contributed by atoms with van der Waals surface area (Å²) in [6, 6.07) is 6.96. The number of rotatable bonds is 3. The van der Waals surface area contributed by atoms with Crippen LogP contribution in [0.15, 0.2) is 30.6 Å². The van der Waals surface area contributed by atoms with Gasteiger partial charge in [-0.05, 0) is 25.1 Å². The molecular weight excluding hydrogens is 391 g/mol. The van der Waals surface area contributed by atoms with Crippen molar-refractivity contribution in [3.63, 3.8) is 0 Å². The van der Waals surface area contributed by atoms with Crippen LogP contribution in [-0.2, 0) is 0 Å². The predicted molar refractivity (Wildman–Crippen MR) is 104 cm³/mol. The van der Waals surface area contributed by atoms with E-state index >= 15 is 0 Å². The molecule has 26 heavy (non-hydrogen) atoms. The zero-order valence-corrected chi connectivity index (χ0v) is 15.7. The van der Waals surface area contributed by atoms with Crippen LogP contribution in [0.4, 0.5) is 10.9 Å². The Bertz CT molecular complexity index is 1150. The van der Waals surface area contributed by atoms with Gasteiger partial charge in [-0.15, -0.1) is 11.3 Å². The zero-order chi connectivity index (χ0) is 18.3. The minimum atomic E-state index is 0.353. The molecule has 0 amide bonds. The van der Waals surface area contributed by atoms with Crippen molar-refractivity contribution in [1.29, 1.82) is 5.26 Å². The van der Waals surface area contributed by atoms with Crippen LogP contribution in [0.1, 0.15) is 10.4 Å². The summed E-state index contributed by atoms with van der Waals surface area (Å²) in [5.41, 5.74) is 2.36. The number of nitriles is 1. The van der Waals surface area contributed by atoms with Crippen molar-refractivity contribution in [2.75, 3.05) is 5.32 Å². The maximum atomic E-state index is 9.03. The minimum absolute atomic E-state index is 0.353. The molecule has 6 nitrogen and oxygen atoms in total. The van der Waals surface area contributed by atoms with E-state index < -0.39 is 0 Å². The van der Waals surface area contributed by atoms with Crippen LogP contribution in [0.2, 0.25) is 10.0 Å². The molecule has 4 aromatic rings. The second-order valence-electron chi connectivity index (χ2n) is 5.47. The molecule has 0 saturated carbocycles. The van der Waals surface area contributed by atoms with Crippen LogP contribution in [-0.4, -0.2) is 19.9 Å². The Kier molecular flexibility index (Phi) is 4.24. The summed E-state index contributed by atoms with van der Waals surface area (Å²) in [6.07, 6.45) is 3.47. The van der Waals surface area contributed by atoms with E-state index in [1.165, 1.54) is 11.3 Å². The maximum absolute atomic E-state index is 9.03. The molecule has 0 spiro atoms. The molecule has 0 atom stereocenters. The van der Waals surface area contributed by atoms with Gasteiger partial charge >= 0.3 is 0 Å². The Morgan fingerprint density at radius 3 is 2.65 bits per heavy atom. The number of halogens is 2. The highest BCUT2D eigenvalue weighted by Gasteiger charge is 2.17. The van der Waals surface area contributed by atoms with E-state index in [-0.39, 0.29) is 0 Å². The lowest BCUT2D eigenvalue weighted by molar-refractivity contribution is 1.29. The fourth-order valence-corrected chi connectivity index (χ4v) is 3.85. The minimum Gasteiger partial charge on any atom is -0.338 e. The van der Waals surface area contributed by atoms with Crippen molar-refractivity contribution >= 4 is 56.5 Å². The molecular formula is C17H10Cl2N6S. The number of nitrogens with zero attached hydrogens (tertiary/aromatic N) is 4. The number of hydrogen-bond acceptors (Lipinski definition) is 6. The molecule has 0 aliphatic rings. The molecule has 3 heterocycles. The van der Waals surface area contributed by atoms with E-state index in [1.807, 2.05) is 19.1 Å². The van der Waals surface area contributed by atoms with Crippen LogP contribution >= 0.6 is 34.5 Å². The molecule has 0 radical (unpaired) electrons. The number of aromatic amines is 1. The number of hydrogen-bond donors (Lipinski definition) is 2. The number of aromatic nitrogens is 4. The van der Waals surface area contributed by atoms with Gasteiger partial charge in [-0.3, -0.25) is 0 Å². The van der Waals surface area contributed by atoms with Crippen LogP contribution < -0.4 is 5.32 Å². The first-order chi connectivity index (χ1) is 12.5. The van der Waals surface area contributed by atoms with Gasteiger partial charge in [-0.25, -0.2) is 15.0 Å². The summed E-state index contributed by atoms with van der Waals surface area (Å²) in [5, 5.41) is 13.7. The Balaban J connectivity index is 1.82. The largest absolute Gasteiger partial charge is 0.338 e. The van der Waals surface area contributed by atoms with Crippen molar-refractivity contribution in [2.24, 2.45) is 0 Å². The van der Waals surface area contributed by atoms with Crippen molar-refractivity contribution in [3.05, 3.63) is 51.1 Å². The van der Waals surface area contributed by atoms with E-state index in [9.17, 15) is 0 Å².